The van der Waals surface area contributed by atoms with Gasteiger partial charge in [-0.25, -0.2) is 13.8 Å². The van der Waals surface area contributed by atoms with E-state index in [0.29, 0.717) is 0 Å². The summed E-state index contributed by atoms with van der Waals surface area (Å²) in [6.45, 7) is 0.278. The van der Waals surface area contributed by atoms with E-state index in [1.54, 1.807) is 0 Å². The molecule has 0 bridgehead atoms. The summed E-state index contributed by atoms with van der Waals surface area (Å²) in [6.07, 6.45) is 1.26. The topological polar surface area (TPSA) is 21.6 Å². The Labute approximate surface area is 73.9 Å². The highest BCUT2D eigenvalue weighted by Gasteiger charge is 2.18. The summed E-state index contributed by atoms with van der Waals surface area (Å²) < 4.78 is 30.7. The fourth-order valence-corrected chi connectivity index (χ4v) is 1.23. The molecule has 0 spiro atoms. The lowest BCUT2D eigenvalue weighted by atomic mass is 10.1. The molecular weight excluding hydrogens is 176 g/mol. The molecule has 1 heterocycles. The third-order valence-corrected chi connectivity index (χ3v) is 1.89. The number of ether oxygens (including phenoxy) is 1. The van der Waals surface area contributed by atoms with E-state index in [-0.39, 0.29) is 12.2 Å². The molecule has 4 heteroatoms. The number of aliphatic imine (C=N–C) groups is 1. The molecule has 0 aromatic heterocycles. The van der Waals surface area contributed by atoms with Crippen molar-refractivity contribution in [1.82, 2.24) is 0 Å². The fraction of sp³-hybridized carbons (Fsp3) is 0.222. The molecule has 13 heavy (non-hydrogen) atoms. The Bertz CT molecular complexity index is 351. The molecule has 1 aliphatic rings. The van der Waals surface area contributed by atoms with E-state index >= 15 is 0 Å². The third-order valence-electron chi connectivity index (χ3n) is 1.89. The zero-order chi connectivity index (χ0) is 9.26. The maximum Gasteiger partial charge on any atom is 0.170 e. The highest BCUT2D eigenvalue weighted by atomic mass is 19.1. The standard InChI is InChI=1S/C9H7F2NO/c10-6-1-2-8(11)7(3-6)9-4-13-5-12-9/h1-3,5,9H,4H2. The van der Waals surface area contributed by atoms with Gasteiger partial charge in [0.2, 0.25) is 0 Å². The van der Waals surface area contributed by atoms with Crippen LogP contribution < -0.4 is 0 Å². The van der Waals surface area contributed by atoms with Crippen molar-refractivity contribution in [3.8, 4) is 0 Å². The normalized spacial score (nSPS) is 20.3. The molecule has 2 rings (SSSR count). The Morgan fingerprint density at radius 2 is 2.23 bits per heavy atom. The van der Waals surface area contributed by atoms with E-state index in [1.165, 1.54) is 6.40 Å². The minimum absolute atomic E-state index is 0.244. The van der Waals surface area contributed by atoms with E-state index in [1.807, 2.05) is 0 Å². The van der Waals surface area contributed by atoms with Crippen LogP contribution in [0.15, 0.2) is 23.2 Å². The largest absolute Gasteiger partial charge is 0.481 e. The Hall–Kier alpha value is -1.45. The van der Waals surface area contributed by atoms with Crippen LogP contribution in [0.2, 0.25) is 0 Å². The van der Waals surface area contributed by atoms with Gasteiger partial charge in [-0.15, -0.1) is 0 Å². The number of rotatable bonds is 1. The molecular formula is C9H7F2NO. The van der Waals surface area contributed by atoms with Crippen molar-refractivity contribution in [2.75, 3.05) is 6.61 Å². The first-order chi connectivity index (χ1) is 6.27. The summed E-state index contributed by atoms with van der Waals surface area (Å²) in [6, 6.07) is 2.92. The van der Waals surface area contributed by atoms with Crippen molar-refractivity contribution < 1.29 is 13.5 Å². The molecule has 0 saturated heterocycles. The van der Waals surface area contributed by atoms with E-state index in [0.717, 1.165) is 18.2 Å². The molecule has 1 atom stereocenters. The first kappa shape index (κ1) is 8.16. The van der Waals surface area contributed by atoms with Gasteiger partial charge in [0, 0.05) is 5.56 Å². The van der Waals surface area contributed by atoms with Gasteiger partial charge in [-0.1, -0.05) is 0 Å². The number of hydrogen-bond donors (Lipinski definition) is 0. The van der Waals surface area contributed by atoms with Crippen molar-refractivity contribution in [2.24, 2.45) is 4.99 Å². The third kappa shape index (κ3) is 1.52. The number of nitrogens with zero attached hydrogens (tertiary/aromatic N) is 1. The van der Waals surface area contributed by atoms with Crippen LogP contribution in [0.1, 0.15) is 11.6 Å². The average Bonchev–Trinajstić information content (AvgIpc) is 2.61. The zero-order valence-electron chi connectivity index (χ0n) is 6.71. The molecule has 0 amide bonds. The summed E-state index contributed by atoms with van der Waals surface area (Å²) in [7, 11) is 0. The highest BCUT2D eigenvalue weighted by Crippen LogP contribution is 2.24. The first-order valence-corrected chi connectivity index (χ1v) is 3.85. The molecule has 1 aromatic carbocycles. The van der Waals surface area contributed by atoms with Crippen LogP contribution in [0.25, 0.3) is 0 Å². The fourth-order valence-electron chi connectivity index (χ4n) is 1.23. The molecule has 1 aromatic rings. The molecule has 1 unspecified atom stereocenters. The summed E-state index contributed by atoms with van der Waals surface area (Å²) in [4.78, 5) is 3.85. The molecule has 0 aliphatic carbocycles. The maximum atomic E-state index is 13.1. The predicted octanol–water partition coefficient (Wildman–Crippen LogP) is 2.06. The highest BCUT2D eigenvalue weighted by molar-refractivity contribution is 5.50. The van der Waals surface area contributed by atoms with E-state index in [9.17, 15) is 8.78 Å². The van der Waals surface area contributed by atoms with Crippen molar-refractivity contribution in [2.45, 2.75) is 6.04 Å². The van der Waals surface area contributed by atoms with Crippen LogP contribution >= 0.6 is 0 Å². The minimum Gasteiger partial charge on any atom is -0.481 e. The molecule has 0 fully saturated rings. The summed E-state index contributed by atoms with van der Waals surface area (Å²) in [5.74, 6) is -0.910. The lowest BCUT2D eigenvalue weighted by molar-refractivity contribution is 0.327. The van der Waals surface area contributed by atoms with Gasteiger partial charge in [0.15, 0.2) is 6.40 Å². The van der Waals surface area contributed by atoms with Gasteiger partial charge >= 0.3 is 0 Å². The summed E-state index contributed by atoms with van der Waals surface area (Å²) in [5, 5.41) is 0. The Morgan fingerprint density at radius 3 is 2.92 bits per heavy atom. The van der Waals surface area contributed by atoms with Crippen LogP contribution in [0, 0.1) is 11.6 Å². The van der Waals surface area contributed by atoms with Crippen molar-refractivity contribution >= 4 is 6.40 Å². The summed E-state index contributed by atoms with van der Waals surface area (Å²) in [5.41, 5.74) is 0.244. The minimum atomic E-state index is -0.460. The van der Waals surface area contributed by atoms with Crippen LogP contribution in [-0.4, -0.2) is 13.0 Å². The molecule has 0 radical (unpaired) electrons. The maximum absolute atomic E-state index is 13.1. The van der Waals surface area contributed by atoms with Crippen LogP contribution in [0.3, 0.4) is 0 Å². The Kier molecular flexibility index (Phi) is 1.96. The van der Waals surface area contributed by atoms with Crippen molar-refractivity contribution in [3.05, 3.63) is 35.4 Å². The van der Waals surface area contributed by atoms with Gasteiger partial charge < -0.3 is 4.74 Å². The van der Waals surface area contributed by atoms with Gasteiger partial charge in [0.05, 0.1) is 0 Å². The quantitative estimate of drug-likeness (QED) is 0.653. The molecule has 68 valence electrons. The lowest BCUT2D eigenvalue weighted by Gasteiger charge is -2.06. The van der Waals surface area contributed by atoms with Gasteiger partial charge in [-0.3, -0.25) is 0 Å². The van der Waals surface area contributed by atoms with E-state index in [4.69, 9.17) is 4.74 Å². The molecule has 2 nitrogen and oxygen atoms in total. The summed E-state index contributed by atoms with van der Waals surface area (Å²) >= 11 is 0. The zero-order valence-corrected chi connectivity index (χ0v) is 6.71. The van der Waals surface area contributed by atoms with Crippen molar-refractivity contribution in [1.29, 1.82) is 0 Å². The second kappa shape index (κ2) is 3.12. The number of benzene rings is 1. The smallest absolute Gasteiger partial charge is 0.170 e. The SMILES string of the molecule is Fc1ccc(F)c(C2COC=N2)c1. The van der Waals surface area contributed by atoms with Crippen LogP contribution in [-0.2, 0) is 4.74 Å². The van der Waals surface area contributed by atoms with Gasteiger partial charge in [0.1, 0.15) is 24.3 Å². The molecule has 1 aliphatic heterocycles. The van der Waals surface area contributed by atoms with Crippen LogP contribution in [0.5, 0.6) is 0 Å². The van der Waals surface area contributed by atoms with E-state index < -0.39 is 17.7 Å². The van der Waals surface area contributed by atoms with E-state index in [2.05, 4.69) is 4.99 Å². The Balaban J connectivity index is 2.37. The predicted molar refractivity (Wildman–Crippen MR) is 43.5 cm³/mol. The number of halogens is 2. The van der Waals surface area contributed by atoms with Crippen LogP contribution in [0.4, 0.5) is 8.78 Å². The monoisotopic (exact) mass is 183 g/mol. The lowest BCUT2D eigenvalue weighted by Crippen LogP contribution is -2.01. The van der Waals surface area contributed by atoms with Gasteiger partial charge in [-0.2, -0.15) is 0 Å². The second-order valence-electron chi connectivity index (χ2n) is 2.77. The molecule has 0 saturated carbocycles. The van der Waals surface area contributed by atoms with Gasteiger partial charge in [-0.05, 0) is 18.2 Å². The van der Waals surface area contributed by atoms with Crippen molar-refractivity contribution in [3.63, 3.8) is 0 Å². The number of hydrogen-bond acceptors (Lipinski definition) is 2. The van der Waals surface area contributed by atoms with Gasteiger partial charge in [0.25, 0.3) is 0 Å². The first-order valence-electron chi connectivity index (χ1n) is 3.85. The molecule has 0 N–H and O–H groups in total. The average molecular weight is 183 g/mol. The second-order valence-corrected chi connectivity index (χ2v) is 2.77. The Morgan fingerprint density at radius 1 is 1.38 bits per heavy atom.